The van der Waals surface area contributed by atoms with E-state index in [1.165, 1.54) is 28.1 Å². The first-order chi connectivity index (χ1) is 22.8. The number of carbonyl (C=O) groups excluding carboxylic acids is 1. The summed E-state index contributed by atoms with van der Waals surface area (Å²) in [5, 5.41) is 0. The summed E-state index contributed by atoms with van der Waals surface area (Å²) in [5.74, 6) is 0.0793. The number of para-hydroxylation sites is 1. The zero-order valence-electron chi connectivity index (χ0n) is 30.1. The molecule has 1 atom stereocenters. The molecule has 2 aromatic rings. The highest BCUT2D eigenvalue weighted by atomic mass is 32.2. The number of benzene rings is 2. The molecule has 1 unspecified atom stereocenters. The van der Waals surface area contributed by atoms with Gasteiger partial charge >= 0.3 is 0 Å². The van der Waals surface area contributed by atoms with Gasteiger partial charge in [-0.05, 0) is 77.2 Å². The van der Waals surface area contributed by atoms with Crippen LogP contribution in [0.2, 0.25) is 0 Å². The molecule has 260 valence electrons. The third-order valence-corrected chi connectivity index (χ3v) is 10.9. The standard InChI is InChI=1S/C41H56N2O4S/c1-7-9-11-19-33(44)20-16-17-27-41(6)34-21-14-15-22-36(34)43(29-18-30-48(45,46)47)39(41)24-13-10-12-23-38-40(4,5)35-31-32(3)25-26-37(35)42(38)28-8-2/h10,12-15,21-26,31H,7-9,11,16-20,27-30H2,1-6H3/p+1. The van der Waals surface area contributed by atoms with Gasteiger partial charge in [-0.15, -0.1) is 0 Å². The van der Waals surface area contributed by atoms with Crippen molar-refractivity contribution in [3.8, 4) is 0 Å². The van der Waals surface area contributed by atoms with Gasteiger partial charge < -0.3 is 4.90 Å². The molecule has 2 aromatic carbocycles. The van der Waals surface area contributed by atoms with Gasteiger partial charge in [0.05, 0.1) is 11.2 Å². The van der Waals surface area contributed by atoms with Crippen LogP contribution in [-0.4, -0.2) is 47.9 Å². The van der Waals surface area contributed by atoms with Gasteiger partial charge in [-0.3, -0.25) is 9.35 Å². The number of carbonyl (C=O) groups is 1. The molecule has 2 aliphatic rings. The molecular formula is C41H57N2O4S+. The third kappa shape index (κ3) is 8.83. The van der Waals surface area contributed by atoms with Crippen molar-refractivity contribution in [2.24, 2.45) is 0 Å². The van der Waals surface area contributed by atoms with Crippen LogP contribution in [0, 0.1) is 6.92 Å². The number of nitrogens with zero attached hydrogens (tertiary/aromatic N) is 2. The minimum atomic E-state index is -4.05. The average Bonchev–Trinajstić information content (AvgIpc) is 3.38. The second kappa shape index (κ2) is 16.4. The number of rotatable bonds is 18. The molecule has 0 aromatic heterocycles. The van der Waals surface area contributed by atoms with Gasteiger partial charge in [0.1, 0.15) is 12.3 Å². The minimum absolute atomic E-state index is 0.105. The summed E-state index contributed by atoms with van der Waals surface area (Å²) in [4.78, 5) is 14.7. The fourth-order valence-corrected chi connectivity index (χ4v) is 8.03. The summed E-state index contributed by atoms with van der Waals surface area (Å²) in [6.45, 7) is 14.8. The quantitative estimate of drug-likeness (QED) is 0.0738. The van der Waals surface area contributed by atoms with Crippen LogP contribution in [0.5, 0.6) is 0 Å². The van der Waals surface area contributed by atoms with E-state index in [1.807, 2.05) is 6.07 Å². The van der Waals surface area contributed by atoms with E-state index in [-0.39, 0.29) is 16.6 Å². The lowest BCUT2D eigenvalue weighted by Gasteiger charge is -2.30. The van der Waals surface area contributed by atoms with Crippen LogP contribution in [0.15, 0.2) is 78.5 Å². The fraction of sp³-hybridized carbons (Fsp3) is 0.512. The van der Waals surface area contributed by atoms with Crippen molar-refractivity contribution in [2.75, 3.05) is 23.7 Å². The van der Waals surface area contributed by atoms with Gasteiger partial charge in [0, 0.05) is 60.3 Å². The van der Waals surface area contributed by atoms with Crippen LogP contribution in [0.25, 0.3) is 0 Å². The molecule has 7 heteroatoms. The Morgan fingerprint density at radius 1 is 0.896 bits per heavy atom. The topological polar surface area (TPSA) is 77.7 Å². The highest BCUT2D eigenvalue weighted by Crippen LogP contribution is 2.50. The Hall–Kier alpha value is -3.29. The Morgan fingerprint density at radius 3 is 2.33 bits per heavy atom. The van der Waals surface area contributed by atoms with Gasteiger partial charge in [0.15, 0.2) is 5.71 Å². The molecule has 0 bridgehead atoms. The molecule has 0 amide bonds. The van der Waals surface area contributed by atoms with Crippen LogP contribution in [0.4, 0.5) is 11.4 Å². The van der Waals surface area contributed by atoms with E-state index < -0.39 is 10.1 Å². The van der Waals surface area contributed by atoms with E-state index >= 15 is 0 Å². The lowest BCUT2D eigenvalue weighted by atomic mass is 9.77. The van der Waals surface area contributed by atoms with Gasteiger partial charge in [-0.1, -0.05) is 81.2 Å². The van der Waals surface area contributed by atoms with Crippen LogP contribution in [-0.2, 0) is 25.7 Å². The van der Waals surface area contributed by atoms with E-state index in [2.05, 4.69) is 118 Å². The number of allylic oxidation sites excluding steroid dienone is 6. The molecule has 0 fully saturated rings. The molecule has 1 N–H and O–H groups in total. The van der Waals surface area contributed by atoms with Crippen LogP contribution >= 0.6 is 0 Å². The lowest BCUT2D eigenvalue weighted by Crippen LogP contribution is -2.30. The zero-order chi connectivity index (χ0) is 35.0. The maximum absolute atomic E-state index is 12.5. The fourth-order valence-electron chi connectivity index (χ4n) is 7.53. The number of unbranched alkanes of at least 4 members (excludes halogenated alkanes) is 3. The normalized spacial score (nSPS) is 19.6. The monoisotopic (exact) mass is 673 g/mol. The van der Waals surface area contributed by atoms with E-state index in [1.54, 1.807) is 0 Å². The van der Waals surface area contributed by atoms with Crippen molar-refractivity contribution in [1.29, 1.82) is 0 Å². The molecule has 0 saturated carbocycles. The number of hydrogen-bond acceptors (Lipinski definition) is 4. The van der Waals surface area contributed by atoms with Crippen molar-refractivity contribution in [3.05, 3.63) is 95.2 Å². The predicted molar refractivity (Wildman–Crippen MR) is 200 cm³/mol. The average molecular weight is 674 g/mol. The molecule has 0 saturated heterocycles. The van der Waals surface area contributed by atoms with Crippen LogP contribution in [0.3, 0.4) is 0 Å². The van der Waals surface area contributed by atoms with Gasteiger partial charge in [-0.25, -0.2) is 0 Å². The van der Waals surface area contributed by atoms with E-state index in [9.17, 15) is 17.8 Å². The Kier molecular flexibility index (Phi) is 12.8. The van der Waals surface area contributed by atoms with E-state index in [4.69, 9.17) is 0 Å². The number of fused-ring (bicyclic) bond motifs is 2. The van der Waals surface area contributed by atoms with Crippen LogP contribution < -0.4 is 4.90 Å². The van der Waals surface area contributed by atoms with Crippen molar-refractivity contribution in [1.82, 2.24) is 0 Å². The first-order valence-corrected chi connectivity index (χ1v) is 19.6. The highest BCUT2D eigenvalue weighted by Gasteiger charge is 2.44. The Labute approximate surface area is 290 Å². The largest absolute Gasteiger partial charge is 0.344 e. The lowest BCUT2D eigenvalue weighted by molar-refractivity contribution is -0.437. The van der Waals surface area contributed by atoms with Gasteiger partial charge in [0.25, 0.3) is 10.1 Å². The van der Waals surface area contributed by atoms with Crippen molar-refractivity contribution in [3.63, 3.8) is 0 Å². The maximum atomic E-state index is 12.5. The van der Waals surface area contributed by atoms with Gasteiger partial charge in [0.2, 0.25) is 5.69 Å². The Balaban J connectivity index is 1.60. The molecule has 6 nitrogen and oxygen atoms in total. The summed E-state index contributed by atoms with van der Waals surface area (Å²) in [6.07, 6.45) is 19.3. The van der Waals surface area contributed by atoms with E-state index in [0.717, 1.165) is 62.9 Å². The van der Waals surface area contributed by atoms with Crippen LogP contribution in [0.1, 0.15) is 116 Å². The van der Waals surface area contributed by atoms with Crippen molar-refractivity contribution < 1.29 is 22.3 Å². The second-order valence-electron chi connectivity index (χ2n) is 14.3. The SMILES string of the molecule is CCCCCC(=O)CCCCC1(C)C(=CC=CC=CC2=[N+](CCC)c3ccc(C)cc3C2(C)C)N(CCCS(=O)(=O)O)c2ccccc21. The van der Waals surface area contributed by atoms with Crippen molar-refractivity contribution in [2.45, 2.75) is 117 Å². The summed E-state index contributed by atoms with van der Waals surface area (Å²) < 4.78 is 35.1. The number of aryl methyl sites for hydroxylation is 1. The maximum Gasteiger partial charge on any atom is 0.264 e. The number of Topliss-reactive ketones (excluding diaryl/α,β-unsaturated/α-hetero) is 1. The van der Waals surface area contributed by atoms with E-state index in [0.29, 0.717) is 31.6 Å². The smallest absolute Gasteiger partial charge is 0.264 e. The zero-order valence-corrected chi connectivity index (χ0v) is 30.9. The third-order valence-electron chi connectivity index (χ3n) is 10.1. The number of anilines is 1. The molecule has 2 aliphatic heterocycles. The summed E-state index contributed by atoms with van der Waals surface area (Å²) in [6, 6.07) is 15.1. The first-order valence-electron chi connectivity index (χ1n) is 18.0. The second-order valence-corrected chi connectivity index (χ2v) is 15.9. The first kappa shape index (κ1) is 37.5. The van der Waals surface area contributed by atoms with Gasteiger partial charge in [-0.2, -0.15) is 13.0 Å². The molecule has 0 spiro atoms. The Morgan fingerprint density at radius 2 is 1.62 bits per heavy atom. The minimum Gasteiger partial charge on any atom is -0.344 e. The molecule has 0 radical (unpaired) electrons. The summed E-state index contributed by atoms with van der Waals surface area (Å²) >= 11 is 0. The number of hydrogen-bond donors (Lipinski definition) is 1. The summed E-state index contributed by atoms with van der Waals surface area (Å²) in [7, 11) is -4.05. The molecule has 4 rings (SSSR count). The molecular weight excluding hydrogens is 617 g/mol. The number of ketones is 1. The molecule has 48 heavy (non-hydrogen) atoms. The highest BCUT2D eigenvalue weighted by molar-refractivity contribution is 7.85. The Bertz CT molecular complexity index is 1680. The molecule has 2 heterocycles. The van der Waals surface area contributed by atoms with Crippen molar-refractivity contribution >= 4 is 33.0 Å². The predicted octanol–water partition coefficient (Wildman–Crippen LogP) is 9.54. The molecule has 0 aliphatic carbocycles. The summed E-state index contributed by atoms with van der Waals surface area (Å²) in [5.41, 5.74) is 8.22.